The molecule has 0 aromatic heterocycles. The van der Waals surface area contributed by atoms with Gasteiger partial charge in [0.05, 0.1) is 0 Å². The van der Waals surface area contributed by atoms with Gasteiger partial charge in [-0.05, 0) is 18.2 Å². The second kappa shape index (κ2) is 2.64. The van der Waals surface area contributed by atoms with E-state index in [-0.39, 0.29) is 12.1 Å². The van der Waals surface area contributed by atoms with Crippen LogP contribution in [0.2, 0.25) is 5.02 Å². The van der Waals surface area contributed by atoms with Crippen LogP contribution in [0.25, 0.3) is 0 Å². The van der Waals surface area contributed by atoms with Gasteiger partial charge in [0.15, 0.2) is 6.10 Å². The van der Waals surface area contributed by atoms with Gasteiger partial charge in [0.2, 0.25) is 0 Å². The Morgan fingerprint density at radius 2 is 2.14 bits per heavy atom. The topological polar surface area (TPSA) is 35.5 Å². The molecule has 1 fully saturated rings. The molecule has 2 atom stereocenters. The smallest absolute Gasteiger partial charge is 0.348 e. The molecule has 72 valence electrons. The molecule has 4 heteroatoms. The van der Waals surface area contributed by atoms with E-state index in [4.69, 9.17) is 21.1 Å². The van der Waals surface area contributed by atoms with Crippen LogP contribution in [0.4, 0.5) is 0 Å². The number of carbonyl (C=O) groups is 1. The Bertz CT molecular complexity index is 416. The van der Waals surface area contributed by atoms with Gasteiger partial charge in [-0.1, -0.05) is 11.6 Å². The Hall–Kier alpha value is -1.22. The summed E-state index contributed by atoms with van der Waals surface area (Å²) in [5.74, 6) is 0.434. The molecule has 1 aromatic rings. The normalized spacial score (nSPS) is 27.9. The monoisotopic (exact) mass is 210 g/mol. The first kappa shape index (κ1) is 8.12. The van der Waals surface area contributed by atoms with Gasteiger partial charge in [-0.3, -0.25) is 0 Å². The summed E-state index contributed by atoms with van der Waals surface area (Å²) in [6.07, 6.45) is 0.00948. The third-order valence-corrected chi connectivity index (χ3v) is 2.77. The average molecular weight is 211 g/mol. The van der Waals surface area contributed by atoms with Crippen LogP contribution >= 0.6 is 11.6 Å². The molecule has 2 unspecified atom stereocenters. The number of hydrogen-bond donors (Lipinski definition) is 0. The molecule has 0 N–H and O–H groups in total. The van der Waals surface area contributed by atoms with Crippen LogP contribution in [0.3, 0.4) is 0 Å². The van der Waals surface area contributed by atoms with Crippen molar-refractivity contribution in [3.63, 3.8) is 0 Å². The number of fused-ring (bicyclic) bond motifs is 4. The van der Waals surface area contributed by atoms with Crippen molar-refractivity contribution < 1.29 is 14.3 Å². The van der Waals surface area contributed by atoms with E-state index in [1.54, 1.807) is 18.2 Å². The Balaban J connectivity index is 2.12. The van der Waals surface area contributed by atoms with Gasteiger partial charge in [0.1, 0.15) is 11.9 Å². The Morgan fingerprint density at radius 3 is 3.00 bits per heavy atom. The van der Waals surface area contributed by atoms with Crippen molar-refractivity contribution >= 4 is 17.6 Å². The molecule has 2 heterocycles. The number of rotatable bonds is 0. The zero-order valence-electron chi connectivity index (χ0n) is 7.20. The lowest BCUT2D eigenvalue weighted by atomic mass is 10.0. The number of esters is 1. The molecular weight excluding hydrogens is 204 g/mol. The van der Waals surface area contributed by atoms with Crippen LogP contribution in [0.1, 0.15) is 18.1 Å². The summed E-state index contributed by atoms with van der Waals surface area (Å²) in [5, 5.41) is 0.633. The quantitative estimate of drug-likeness (QED) is 0.615. The second-order valence-electron chi connectivity index (χ2n) is 3.45. The molecule has 2 aliphatic rings. The van der Waals surface area contributed by atoms with E-state index in [1.807, 2.05) is 0 Å². The van der Waals surface area contributed by atoms with Crippen molar-refractivity contribution in [2.24, 2.45) is 0 Å². The van der Waals surface area contributed by atoms with E-state index in [0.717, 1.165) is 5.56 Å². The predicted octanol–water partition coefficient (Wildman–Crippen LogP) is 2.09. The fourth-order valence-corrected chi connectivity index (χ4v) is 2.05. The maximum atomic E-state index is 11.2. The first-order valence-corrected chi connectivity index (χ1v) is 4.78. The number of hydrogen-bond acceptors (Lipinski definition) is 3. The maximum absolute atomic E-state index is 11.2. The molecule has 0 saturated carbocycles. The third-order valence-electron chi connectivity index (χ3n) is 2.54. The Kier molecular flexibility index (Phi) is 1.53. The maximum Gasteiger partial charge on any atom is 0.348 e. The molecule has 0 amide bonds. The fourth-order valence-electron chi connectivity index (χ4n) is 1.87. The molecule has 2 bridgehead atoms. The van der Waals surface area contributed by atoms with Gasteiger partial charge in [-0.15, -0.1) is 0 Å². The van der Waals surface area contributed by atoms with Gasteiger partial charge in [0.25, 0.3) is 0 Å². The van der Waals surface area contributed by atoms with Crippen LogP contribution in [-0.4, -0.2) is 12.1 Å². The number of carbonyl (C=O) groups excluding carboxylic acids is 1. The van der Waals surface area contributed by atoms with E-state index in [2.05, 4.69) is 0 Å². The van der Waals surface area contributed by atoms with E-state index in [1.165, 1.54) is 0 Å². The molecule has 0 aliphatic carbocycles. The highest BCUT2D eigenvalue weighted by Crippen LogP contribution is 2.42. The van der Waals surface area contributed by atoms with E-state index >= 15 is 0 Å². The SMILES string of the molecule is O=C1OC2CC1Oc1ccc(Cl)cc12. The molecule has 1 saturated heterocycles. The lowest BCUT2D eigenvalue weighted by Gasteiger charge is -2.20. The van der Waals surface area contributed by atoms with Gasteiger partial charge in [0, 0.05) is 17.0 Å². The lowest BCUT2D eigenvalue weighted by Crippen LogP contribution is -2.23. The average Bonchev–Trinajstić information content (AvgIpc) is 2.46. The van der Waals surface area contributed by atoms with Crippen molar-refractivity contribution in [3.8, 4) is 5.75 Å². The van der Waals surface area contributed by atoms with Crippen LogP contribution in [0, 0.1) is 0 Å². The summed E-state index contributed by atoms with van der Waals surface area (Å²) in [7, 11) is 0. The zero-order valence-corrected chi connectivity index (χ0v) is 7.95. The molecule has 1 aromatic carbocycles. The highest BCUT2D eigenvalue weighted by molar-refractivity contribution is 6.30. The molecular formula is C10H7ClO3. The summed E-state index contributed by atoms with van der Waals surface area (Å²) in [6, 6.07) is 5.31. The van der Waals surface area contributed by atoms with E-state index < -0.39 is 6.10 Å². The predicted molar refractivity (Wildman–Crippen MR) is 49.3 cm³/mol. The summed E-state index contributed by atoms with van der Waals surface area (Å²) in [4.78, 5) is 11.2. The first-order chi connectivity index (χ1) is 6.74. The first-order valence-electron chi connectivity index (χ1n) is 4.40. The fraction of sp³-hybridized carbons (Fsp3) is 0.300. The van der Waals surface area contributed by atoms with Gasteiger partial charge in [-0.25, -0.2) is 4.79 Å². The van der Waals surface area contributed by atoms with Crippen molar-refractivity contribution in [2.75, 3.05) is 0 Å². The van der Waals surface area contributed by atoms with Crippen LogP contribution in [0.15, 0.2) is 18.2 Å². The Labute approximate surface area is 85.6 Å². The minimum atomic E-state index is -0.423. The highest BCUT2D eigenvalue weighted by atomic mass is 35.5. The summed E-state index contributed by atoms with van der Waals surface area (Å²) < 4.78 is 10.6. The van der Waals surface area contributed by atoms with Crippen LogP contribution in [0.5, 0.6) is 5.75 Å². The number of ether oxygens (including phenoxy) is 2. The standard InChI is InChI=1S/C10H7ClO3/c11-5-1-2-7-6(3-5)8-4-9(13-7)10(12)14-8/h1-3,8-9H,4H2. The van der Waals surface area contributed by atoms with Crippen LogP contribution in [-0.2, 0) is 9.53 Å². The van der Waals surface area contributed by atoms with E-state index in [9.17, 15) is 4.79 Å². The van der Waals surface area contributed by atoms with Gasteiger partial charge < -0.3 is 9.47 Å². The molecule has 0 spiro atoms. The third kappa shape index (κ3) is 1.02. The number of benzene rings is 1. The molecule has 3 rings (SSSR count). The second-order valence-corrected chi connectivity index (χ2v) is 3.89. The lowest BCUT2D eigenvalue weighted by molar-refractivity contribution is -0.145. The summed E-state index contributed by atoms with van der Waals surface area (Å²) in [6.45, 7) is 0. The van der Waals surface area contributed by atoms with E-state index in [0.29, 0.717) is 17.2 Å². The van der Waals surface area contributed by atoms with Crippen molar-refractivity contribution in [1.29, 1.82) is 0 Å². The molecule has 2 aliphatic heterocycles. The van der Waals surface area contributed by atoms with Crippen LogP contribution < -0.4 is 4.74 Å². The van der Waals surface area contributed by atoms with Crippen molar-refractivity contribution in [1.82, 2.24) is 0 Å². The summed E-state index contributed by atoms with van der Waals surface area (Å²) >= 11 is 5.85. The Morgan fingerprint density at radius 1 is 1.29 bits per heavy atom. The van der Waals surface area contributed by atoms with Crippen molar-refractivity contribution in [3.05, 3.63) is 28.8 Å². The summed E-state index contributed by atoms with van der Waals surface area (Å²) in [5.41, 5.74) is 0.875. The van der Waals surface area contributed by atoms with Gasteiger partial charge in [-0.2, -0.15) is 0 Å². The van der Waals surface area contributed by atoms with Gasteiger partial charge >= 0.3 is 5.97 Å². The molecule has 0 radical (unpaired) electrons. The molecule has 3 nitrogen and oxygen atoms in total. The largest absolute Gasteiger partial charge is 0.478 e. The molecule has 14 heavy (non-hydrogen) atoms. The minimum Gasteiger partial charge on any atom is -0.478 e. The zero-order chi connectivity index (χ0) is 9.71. The minimum absolute atomic E-state index is 0.171. The van der Waals surface area contributed by atoms with Crippen molar-refractivity contribution in [2.45, 2.75) is 18.6 Å². The highest BCUT2D eigenvalue weighted by Gasteiger charge is 2.42. The number of halogens is 1.